The lowest BCUT2D eigenvalue weighted by molar-refractivity contribution is -0.124. The number of benzene rings is 2. The van der Waals surface area contributed by atoms with E-state index in [4.69, 9.17) is 4.74 Å². The van der Waals surface area contributed by atoms with Crippen LogP contribution >= 0.6 is 0 Å². The number of rotatable bonds is 4. The van der Waals surface area contributed by atoms with Crippen molar-refractivity contribution in [3.05, 3.63) is 59.9 Å². The number of para-hydroxylation sites is 2. The second kappa shape index (κ2) is 7.12. The molecule has 2 aromatic rings. The van der Waals surface area contributed by atoms with Crippen LogP contribution < -0.4 is 15.0 Å². The Hall–Kier alpha value is -2.89. The van der Waals surface area contributed by atoms with Crippen molar-refractivity contribution < 1.29 is 18.7 Å². The maximum Gasteiger partial charge on any atom is 0.240 e. The summed E-state index contributed by atoms with van der Waals surface area (Å²) < 4.78 is 18.4. The molecule has 124 valence electrons. The van der Waals surface area contributed by atoms with Gasteiger partial charge in [-0.3, -0.25) is 14.5 Å². The molecule has 3 rings (SSSR count). The Morgan fingerprint density at radius 2 is 1.92 bits per heavy atom. The fourth-order valence-electron chi connectivity index (χ4n) is 2.50. The summed E-state index contributed by atoms with van der Waals surface area (Å²) in [5, 5.41) is 2.74. The van der Waals surface area contributed by atoms with Crippen LogP contribution in [0.2, 0.25) is 0 Å². The van der Waals surface area contributed by atoms with Crippen LogP contribution in [0.25, 0.3) is 0 Å². The Bertz CT molecular complexity index is 746. The molecule has 0 fully saturated rings. The van der Waals surface area contributed by atoms with Crippen LogP contribution in [0.3, 0.4) is 0 Å². The second-order valence-corrected chi connectivity index (χ2v) is 5.45. The minimum absolute atomic E-state index is 0.0829. The quantitative estimate of drug-likeness (QED) is 0.936. The van der Waals surface area contributed by atoms with Crippen LogP contribution in [0.4, 0.5) is 10.1 Å². The van der Waals surface area contributed by atoms with E-state index in [9.17, 15) is 14.0 Å². The van der Waals surface area contributed by atoms with Gasteiger partial charge in [0, 0.05) is 6.54 Å². The molecule has 5 nitrogen and oxygen atoms in total. The number of carbonyl (C=O) groups excluding carboxylic acids is 2. The van der Waals surface area contributed by atoms with Gasteiger partial charge in [0.15, 0.2) is 0 Å². The van der Waals surface area contributed by atoms with Gasteiger partial charge in [0.1, 0.15) is 18.1 Å². The average molecular weight is 328 g/mol. The first-order valence-corrected chi connectivity index (χ1v) is 7.67. The maximum absolute atomic E-state index is 12.9. The summed E-state index contributed by atoms with van der Waals surface area (Å²) in [5.41, 5.74) is 1.38. The highest BCUT2D eigenvalue weighted by Crippen LogP contribution is 2.30. The van der Waals surface area contributed by atoms with Crippen LogP contribution in [0.15, 0.2) is 48.5 Å². The van der Waals surface area contributed by atoms with E-state index in [1.54, 1.807) is 30.3 Å². The lowest BCUT2D eigenvalue weighted by atomic mass is 10.2. The topological polar surface area (TPSA) is 58.6 Å². The molecule has 1 aliphatic heterocycles. The molecule has 0 spiro atoms. The van der Waals surface area contributed by atoms with E-state index in [0.717, 1.165) is 5.56 Å². The zero-order chi connectivity index (χ0) is 16.9. The first kappa shape index (κ1) is 16.0. The van der Waals surface area contributed by atoms with E-state index < -0.39 is 0 Å². The smallest absolute Gasteiger partial charge is 0.240 e. The van der Waals surface area contributed by atoms with Gasteiger partial charge in [-0.15, -0.1) is 0 Å². The molecule has 0 aliphatic carbocycles. The van der Waals surface area contributed by atoms with Crippen molar-refractivity contribution in [1.82, 2.24) is 5.32 Å². The molecule has 0 radical (unpaired) electrons. The van der Waals surface area contributed by atoms with E-state index in [1.165, 1.54) is 17.0 Å². The fraction of sp³-hybridized carbons (Fsp3) is 0.222. The van der Waals surface area contributed by atoms with Crippen LogP contribution in [0.1, 0.15) is 12.0 Å². The molecule has 0 saturated heterocycles. The number of halogens is 1. The molecular formula is C18H17FN2O3. The number of ether oxygens (including phenoxy) is 1. The number of nitrogens with one attached hydrogen (secondary N) is 1. The largest absolute Gasteiger partial charge is 0.491 e. The predicted octanol–water partition coefficient (Wildman–Crippen LogP) is 2.26. The monoisotopic (exact) mass is 328 g/mol. The normalized spacial score (nSPS) is 13.7. The van der Waals surface area contributed by atoms with Crippen molar-refractivity contribution in [2.75, 3.05) is 18.1 Å². The Kier molecular flexibility index (Phi) is 4.74. The van der Waals surface area contributed by atoms with Crippen molar-refractivity contribution in [2.24, 2.45) is 0 Å². The molecule has 0 aromatic heterocycles. The summed E-state index contributed by atoms with van der Waals surface area (Å²) in [4.78, 5) is 25.9. The summed E-state index contributed by atoms with van der Waals surface area (Å²) in [6, 6.07) is 13.0. The number of fused-ring (bicyclic) bond motifs is 1. The number of nitrogens with zero attached hydrogens (tertiary/aromatic N) is 1. The summed E-state index contributed by atoms with van der Waals surface area (Å²) in [6.07, 6.45) is 0.222. The summed E-state index contributed by atoms with van der Waals surface area (Å²) in [7, 11) is 0. The van der Waals surface area contributed by atoms with Gasteiger partial charge < -0.3 is 10.1 Å². The third kappa shape index (κ3) is 3.71. The highest BCUT2D eigenvalue weighted by atomic mass is 19.1. The molecule has 2 amide bonds. The molecule has 1 aliphatic rings. The van der Waals surface area contributed by atoms with E-state index >= 15 is 0 Å². The van der Waals surface area contributed by atoms with Crippen molar-refractivity contribution in [3.63, 3.8) is 0 Å². The predicted molar refractivity (Wildman–Crippen MR) is 87.2 cm³/mol. The number of anilines is 1. The van der Waals surface area contributed by atoms with E-state index in [-0.39, 0.29) is 37.1 Å². The van der Waals surface area contributed by atoms with Gasteiger partial charge in [0.05, 0.1) is 18.7 Å². The first-order chi connectivity index (χ1) is 11.6. The maximum atomic E-state index is 12.9. The molecule has 6 heteroatoms. The average Bonchev–Trinajstić information content (AvgIpc) is 2.74. The molecular weight excluding hydrogens is 311 g/mol. The Morgan fingerprint density at radius 1 is 1.17 bits per heavy atom. The van der Waals surface area contributed by atoms with Gasteiger partial charge in [0.25, 0.3) is 0 Å². The molecule has 1 N–H and O–H groups in total. The highest BCUT2D eigenvalue weighted by Gasteiger charge is 2.24. The van der Waals surface area contributed by atoms with Crippen molar-refractivity contribution in [1.29, 1.82) is 0 Å². The van der Waals surface area contributed by atoms with Gasteiger partial charge in [-0.05, 0) is 29.8 Å². The molecule has 0 atom stereocenters. The summed E-state index contributed by atoms with van der Waals surface area (Å²) >= 11 is 0. The van der Waals surface area contributed by atoms with Gasteiger partial charge in [0.2, 0.25) is 11.8 Å². The molecule has 0 saturated carbocycles. The van der Waals surface area contributed by atoms with Gasteiger partial charge in [-0.2, -0.15) is 0 Å². The van der Waals surface area contributed by atoms with E-state index in [1.807, 2.05) is 6.07 Å². The molecule has 0 unspecified atom stereocenters. The Morgan fingerprint density at radius 3 is 2.71 bits per heavy atom. The highest BCUT2D eigenvalue weighted by molar-refractivity contribution is 6.00. The van der Waals surface area contributed by atoms with E-state index in [0.29, 0.717) is 18.0 Å². The third-order valence-electron chi connectivity index (χ3n) is 3.74. The third-order valence-corrected chi connectivity index (χ3v) is 3.74. The van der Waals surface area contributed by atoms with Crippen molar-refractivity contribution in [3.8, 4) is 5.75 Å². The van der Waals surface area contributed by atoms with Crippen LogP contribution in [-0.4, -0.2) is 25.0 Å². The van der Waals surface area contributed by atoms with Crippen molar-refractivity contribution >= 4 is 17.5 Å². The number of carbonyl (C=O) groups is 2. The van der Waals surface area contributed by atoms with Crippen molar-refractivity contribution in [2.45, 2.75) is 13.0 Å². The molecule has 1 heterocycles. The lowest BCUT2D eigenvalue weighted by Crippen LogP contribution is -2.40. The first-order valence-electron chi connectivity index (χ1n) is 7.67. The fourth-order valence-corrected chi connectivity index (χ4v) is 2.50. The van der Waals surface area contributed by atoms with Crippen LogP contribution in [0.5, 0.6) is 5.75 Å². The summed E-state index contributed by atoms with van der Waals surface area (Å²) in [5.74, 6) is -0.173. The van der Waals surface area contributed by atoms with Crippen LogP contribution in [0, 0.1) is 5.82 Å². The van der Waals surface area contributed by atoms with Gasteiger partial charge in [-0.25, -0.2) is 4.39 Å². The SMILES string of the molecule is O=C(CN1C(=O)CCOc2ccccc21)NCc1ccc(F)cc1. The standard InChI is InChI=1S/C18H17FN2O3/c19-14-7-5-13(6-8-14)11-20-17(22)12-21-15-3-1-2-4-16(15)24-10-9-18(21)23/h1-8H,9-12H2,(H,20,22). The number of amides is 2. The minimum atomic E-state index is -0.322. The zero-order valence-corrected chi connectivity index (χ0v) is 13.0. The number of hydrogen-bond acceptors (Lipinski definition) is 3. The lowest BCUT2D eigenvalue weighted by Gasteiger charge is -2.21. The van der Waals surface area contributed by atoms with E-state index in [2.05, 4.69) is 5.32 Å². The van der Waals surface area contributed by atoms with Crippen LogP contribution in [-0.2, 0) is 16.1 Å². The Balaban J connectivity index is 1.66. The van der Waals surface area contributed by atoms with Gasteiger partial charge in [-0.1, -0.05) is 24.3 Å². The van der Waals surface area contributed by atoms with Gasteiger partial charge >= 0.3 is 0 Å². The second-order valence-electron chi connectivity index (χ2n) is 5.45. The number of hydrogen-bond donors (Lipinski definition) is 1. The molecule has 0 bridgehead atoms. The summed E-state index contributed by atoms with van der Waals surface area (Å²) in [6.45, 7) is 0.489. The molecule has 2 aromatic carbocycles. The molecule has 24 heavy (non-hydrogen) atoms. The zero-order valence-electron chi connectivity index (χ0n) is 13.0. The minimum Gasteiger partial charge on any atom is -0.491 e. The Labute approximate surface area is 139 Å².